The molecule has 0 radical (unpaired) electrons. The van der Waals surface area contributed by atoms with E-state index >= 15 is 0 Å². The van der Waals surface area contributed by atoms with Gasteiger partial charge in [0.2, 0.25) is 5.91 Å². The van der Waals surface area contributed by atoms with Crippen molar-refractivity contribution < 1.29 is 19.4 Å². The molecule has 0 fully saturated rings. The number of methoxy groups -OCH3 is 1. The molecule has 0 aromatic heterocycles. The van der Waals surface area contributed by atoms with Gasteiger partial charge in [-0.2, -0.15) is 0 Å². The number of carboxylic acids is 1. The van der Waals surface area contributed by atoms with E-state index < -0.39 is 11.4 Å². The van der Waals surface area contributed by atoms with Gasteiger partial charge in [-0.1, -0.05) is 13.8 Å². The second-order valence-electron chi connectivity index (χ2n) is 4.76. The number of carboxylic acid groups (broad SMARTS) is 1. The number of rotatable bonds is 8. The van der Waals surface area contributed by atoms with E-state index in [9.17, 15) is 9.59 Å². The summed E-state index contributed by atoms with van der Waals surface area (Å²) in [6.45, 7) is 6.04. The Morgan fingerprint density at radius 1 is 1.47 bits per heavy atom. The van der Waals surface area contributed by atoms with Crippen LogP contribution in [0, 0.1) is 11.3 Å². The van der Waals surface area contributed by atoms with Gasteiger partial charge in [0.1, 0.15) is 0 Å². The Bertz CT molecular complexity index is 267. The number of carbonyl (C=O) groups excluding carboxylic acids is 1. The van der Waals surface area contributed by atoms with E-state index in [1.807, 2.05) is 6.92 Å². The number of carbonyl (C=O) groups is 2. The molecule has 100 valence electrons. The van der Waals surface area contributed by atoms with Crippen LogP contribution in [-0.4, -0.2) is 37.2 Å². The van der Waals surface area contributed by atoms with Crippen molar-refractivity contribution in [3.63, 3.8) is 0 Å². The quantitative estimate of drug-likeness (QED) is 0.675. The molecule has 0 aliphatic rings. The van der Waals surface area contributed by atoms with Crippen LogP contribution in [0.5, 0.6) is 0 Å². The monoisotopic (exact) mass is 245 g/mol. The summed E-state index contributed by atoms with van der Waals surface area (Å²) in [7, 11) is 1.59. The lowest BCUT2D eigenvalue weighted by Crippen LogP contribution is -2.41. The largest absolute Gasteiger partial charge is 0.481 e. The van der Waals surface area contributed by atoms with E-state index in [4.69, 9.17) is 9.84 Å². The van der Waals surface area contributed by atoms with Crippen molar-refractivity contribution in [2.75, 3.05) is 20.3 Å². The van der Waals surface area contributed by atoms with Gasteiger partial charge in [-0.3, -0.25) is 9.59 Å². The van der Waals surface area contributed by atoms with Crippen LogP contribution in [0.2, 0.25) is 0 Å². The second-order valence-corrected chi connectivity index (χ2v) is 4.76. The first-order valence-corrected chi connectivity index (χ1v) is 5.84. The first-order valence-electron chi connectivity index (χ1n) is 5.84. The van der Waals surface area contributed by atoms with E-state index in [0.717, 1.165) is 0 Å². The van der Waals surface area contributed by atoms with Crippen molar-refractivity contribution in [3.05, 3.63) is 0 Å². The molecular formula is C12H23NO4. The van der Waals surface area contributed by atoms with Gasteiger partial charge in [0.05, 0.1) is 5.41 Å². The Labute approximate surface area is 103 Å². The van der Waals surface area contributed by atoms with E-state index in [-0.39, 0.29) is 18.4 Å². The molecule has 2 unspecified atom stereocenters. The summed E-state index contributed by atoms with van der Waals surface area (Å²) in [6, 6.07) is 0. The lowest BCUT2D eigenvalue weighted by molar-refractivity contribution is -0.148. The highest BCUT2D eigenvalue weighted by atomic mass is 16.5. The van der Waals surface area contributed by atoms with Crippen LogP contribution in [0.15, 0.2) is 0 Å². The normalized spacial score (nSPS) is 16.0. The fourth-order valence-electron chi connectivity index (χ4n) is 1.38. The summed E-state index contributed by atoms with van der Waals surface area (Å²) >= 11 is 0. The van der Waals surface area contributed by atoms with Crippen LogP contribution < -0.4 is 5.32 Å². The lowest BCUT2D eigenvalue weighted by Gasteiger charge is -2.23. The number of hydrogen-bond donors (Lipinski definition) is 2. The summed E-state index contributed by atoms with van der Waals surface area (Å²) < 4.78 is 4.94. The lowest BCUT2D eigenvalue weighted by atomic mass is 9.87. The highest BCUT2D eigenvalue weighted by Crippen LogP contribution is 2.19. The molecular weight excluding hydrogens is 222 g/mol. The van der Waals surface area contributed by atoms with Crippen LogP contribution in [0.1, 0.15) is 33.6 Å². The van der Waals surface area contributed by atoms with Gasteiger partial charge in [-0.15, -0.1) is 0 Å². The van der Waals surface area contributed by atoms with Crippen molar-refractivity contribution in [2.45, 2.75) is 33.6 Å². The molecule has 0 saturated carbocycles. The maximum Gasteiger partial charge on any atom is 0.311 e. The molecule has 0 bridgehead atoms. The van der Waals surface area contributed by atoms with Gasteiger partial charge in [-0.05, 0) is 19.3 Å². The molecule has 1 amide bonds. The first kappa shape index (κ1) is 15.9. The van der Waals surface area contributed by atoms with Crippen LogP contribution in [0.3, 0.4) is 0 Å². The van der Waals surface area contributed by atoms with Crippen LogP contribution >= 0.6 is 0 Å². The van der Waals surface area contributed by atoms with Crippen molar-refractivity contribution in [2.24, 2.45) is 11.3 Å². The molecule has 0 saturated heterocycles. The van der Waals surface area contributed by atoms with Gasteiger partial charge in [0, 0.05) is 26.7 Å². The Morgan fingerprint density at radius 3 is 2.47 bits per heavy atom. The highest BCUT2D eigenvalue weighted by Gasteiger charge is 2.31. The fourth-order valence-corrected chi connectivity index (χ4v) is 1.38. The molecule has 0 heterocycles. The van der Waals surface area contributed by atoms with E-state index in [2.05, 4.69) is 5.32 Å². The van der Waals surface area contributed by atoms with Crippen molar-refractivity contribution >= 4 is 11.9 Å². The third-order valence-electron chi connectivity index (χ3n) is 2.96. The summed E-state index contributed by atoms with van der Waals surface area (Å²) in [5, 5.41) is 11.7. The van der Waals surface area contributed by atoms with Gasteiger partial charge >= 0.3 is 5.97 Å². The predicted octanol–water partition coefficient (Wildman–Crippen LogP) is 1.28. The molecule has 0 rings (SSSR count). The molecule has 0 aromatic rings. The minimum Gasteiger partial charge on any atom is -0.481 e. The Hall–Kier alpha value is -1.10. The van der Waals surface area contributed by atoms with Crippen LogP contribution in [0.4, 0.5) is 0 Å². The molecule has 0 aliphatic carbocycles. The second kappa shape index (κ2) is 7.27. The van der Waals surface area contributed by atoms with Crippen LogP contribution in [0.25, 0.3) is 0 Å². The predicted molar refractivity (Wildman–Crippen MR) is 64.7 cm³/mol. The van der Waals surface area contributed by atoms with Crippen molar-refractivity contribution in [3.8, 4) is 0 Å². The topological polar surface area (TPSA) is 75.6 Å². The van der Waals surface area contributed by atoms with Crippen LogP contribution in [-0.2, 0) is 14.3 Å². The van der Waals surface area contributed by atoms with E-state index in [1.54, 1.807) is 21.0 Å². The Kier molecular flexibility index (Phi) is 6.80. The van der Waals surface area contributed by atoms with Crippen molar-refractivity contribution in [1.82, 2.24) is 5.32 Å². The first-order chi connectivity index (χ1) is 7.85. The Balaban J connectivity index is 4.10. The number of ether oxygens (including phenoxy) is 1. The van der Waals surface area contributed by atoms with Crippen molar-refractivity contribution in [1.29, 1.82) is 0 Å². The molecule has 0 aliphatic heterocycles. The third-order valence-corrected chi connectivity index (χ3v) is 2.96. The summed E-state index contributed by atoms with van der Waals surface area (Å²) in [4.78, 5) is 22.6. The van der Waals surface area contributed by atoms with E-state index in [1.165, 1.54) is 0 Å². The zero-order chi connectivity index (χ0) is 13.5. The number of nitrogens with one attached hydrogen (secondary N) is 1. The average Bonchev–Trinajstić information content (AvgIpc) is 2.25. The van der Waals surface area contributed by atoms with Gasteiger partial charge < -0.3 is 15.2 Å². The molecule has 2 N–H and O–H groups in total. The number of amides is 1. The SMILES string of the molecule is CCC(C)(CNC(=O)CC(C)COC)C(=O)O. The minimum absolute atomic E-state index is 0.129. The third kappa shape index (κ3) is 5.68. The summed E-state index contributed by atoms with van der Waals surface area (Å²) in [5.41, 5.74) is -0.889. The minimum atomic E-state index is -0.889. The molecule has 2 atom stereocenters. The summed E-state index contributed by atoms with van der Waals surface area (Å²) in [6.07, 6.45) is 0.837. The highest BCUT2D eigenvalue weighted by molar-refractivity contribution is 5.78. The zero-order valence-corrected chi connectivity index (χ0v) is 11.1. The molecule has 5 heteroatoms. The zero-order valence-electron chi connectivity index (χ0n) is 11.1. The number of hydrogen-bond acceptors (Lipinski definition) is 3. The fraction of sp³-hybridized carbons (Fsp3) is 0.833. The smallest absolute Gasteiger partial charge is 0.311 e. The standard InChI is InChI=1S/C12H23NO4/c1-5-12(3,11(15)16)8-13-10(14)6-9(2)7-17-4/h9H,5-8H2,1-4H3,(H,13,14)(H,15,16). The average molecular weight is 245 g/mol. The summed E-state index contributed by atoms with van der Waals surface area (Å²) in [5.74, 6) is -0.876. The number of aliphatic carboxylic acids is 1. The molecule has 0 spiro atoms. The van der Waals surface area contributed by atoms with Gasteiger partial charge in [0.15, 0.2) is 0 Å². The van der Waals surface area contributed by atoms with E-state index in [0.29, 0.717) is 19.4 Å². The molecule has 5 nitrogen and oxygen atoms in total. The van der Waals surface area contributed by atoms with Gasteiger partial charge in [-0.25, -0.2) is 0 Å². The van der Waals surface area contributed by atoms with Gasteiger partial charge in [0.25, 0.3) is 0 Å². The maximum absolute atomic E-state index is 11.6. The maximum atomic E-state index is 11.6. The molecule has 17 heavy (non-hydrogen) atoms. The Morgan fingerprint density at radius 2 is 2.06 bits per heavy atom. The molecule has 0 aromatic carbocycles.